The number of aliphatic hydroxyl groups excluding tert-OH is 7. The highest BCUT2D eigenvalue weighted by molar-refractivity contribution is 7.47. The topological polar surface area (TPSA) is 250 Å². The molecule has 61 heavy (non-hydrogen) atoms. The van der Waals surface area contributed by atoms with Crippen molar-refractivity contribution in [3.8, 4) is 0 Å². The molecule has 0 saturated heterocycles. The van der Waals surface area contributed by atoms with Crippen molar-refractivity contribution in [2.24, 2.45) is 0 Å². The van der Waals surface area contributed by atoms with Gasteiger partial charge in [0.25, 0.3) is 0 Å². The van der Waals surface area contributed by atoms with Crippen molar-refractivity contribution in [3.63, 3.8) is 0 Å². The predicted octanol–water partition coefficient (Wildman–Crippen LogP) is 5.88. The SMILES string of the molecule is CC/C=C\C/C=C\C/C=C\C/C=C\C[C@@H](O)[C@H](O)CCCC(=O)O[C@H](COC(=O)CCCCCCC/C=C\C/C=C\CCC)COP(=O)(O)OC1[C@H](O)[C@H](O)C(O)[C@H](O)[C@H]1O. The number of esters is 2. The standard InChI is InChI=1S/C45H75O15P/c1-3-5-7-9-11-13-15-17-19-21-23-25-27-31-38(48)57-33-35(34-58-61(55,56)60-45-43(53)41(51)40(50)42(52)44(45)54)59-39(49)32-28-30-37(47)36(46)29-26-24-22-20-18-16-14-12-10-8-6-4-2/h6-9,12-15,18,20,24,26,35-37,40-47,50-54H,3-5,10-11,16-17,19,21-23,25,27-34H2,1-2H3,(H,55,56)/b8-6-,9-7-,14-12-,15-13-,20-18-,26-24-/t35-,36-,37-,40?,41-,42+,43-,44-,45?/m1/s1. The Bertz CT molecular complexity index is 1380. The van der Waals surface area contributed by atoms with E-state index in [2.05, 4.69) is 62.5 Å². The van der Waals surface area contributed by atoms with E-state index >= 15 is 0 Å². The zero-order chi connectivity index (χ0) is 45.3. The minimum absolute atomic E-state index is 0.0610. The fourth-order valence-electron chi connectivity index (χ4n) is 6.06. The van der Waals surface area contributed by atoms with Crippen LogP contribution in [0, 0.1) is 0 Å². The molecule has 1 rings (SSSR count). The molecule has 10 atom stereocenters. The summed E-state index contributed by atoms with van der Waals surface area (Å²) in [6.45, 7) is 2.83. The maximum Gasteiger partial charge on any atom is 0.472 e. The summed E-state index contributed by atoms with van der Waals surface area (Å²) >= 11 is 0. The number of carbonyl (C=O) groups excluding carboxylic acids is 2. The van der Waals surface area contributed by atoms with Gasteiger partial charge in [-0.25, -0.2) is 4.57 Å². The van der Waals surface area contributed by atoms with Crippen LogP contribution in [0.5, 0.6) is 0 Å². The van der Waals surface area contributed by atoms with Gasteiger partial charge in [-0.1, -0.05) is 112 Å². The third-order valence-corrected chi connectivity index (χ3v) is 10.7. The summed E-state index contributed by atoms with van der Waals surface area (Å²) in [5.74, 6) is -1.41. The smallest absolute Gasteiger partial charge is 0.462 e. The Kier molecular flexibility index (Phi) is 32.0. The first kappa shape index (κ1) is 56.2. The lowest BCUT2D eigenvalue weighted by Crippen LogP contribution is -2.64. The van der Waals surface area contributed by atoms with Crippen LogP contribution >= 0.6 is 7.82 Å². The summed E-state index contributed by atoms with van der Waals surface area (Å²) in [6.07, 6.45) is 21.1. The van der Waals surface area contributed by atoms with E-state index in [1.54, 1.807) is 6.08 Å². The molecular formula is C45H75O15P. The van der Waals surface area contributed by atoms with Crippen LogP contribution in [-0.4, -0.2) is 121 Å². The Morgan fingerprint density at radius 3 is 1.70 bits per heavy atom. The number of phosphoric ester groups is 1. The monoisotopic (exact) mass is 886 g/mol. The van der Waals surface area contributed by atoms with Gasteiger partial charge in [0, 0.05) is 12.8 Å². The predicted molar refractivity (Wildman–Crippen MR) is 233 cm³/mol. The van der Waals surface area contributed by atoms with Crippen LogP contribution in [0.4, 0.5) is 0 Å². The summed E-state index contributed by atoms with van der Waals surface area (Å²) in [6, 6.07) is 0. The van der Waals surface area contributed by atoms with Crippen molar-refractivity contribution in [1.82, 2.24) is 0 Å². The first-order valence-electron chi connectivity index (χ1n) is 21.9. The molecule has 1 aliphatic rings. The fraction of sp³-hybridized carbons (Fsp3) is 0.689. The summed E-state index contributed by atoms with van der Waals surface area (Å²) < 4.78 is 33.2. The van der Waals surface area contributed by atoms with E-state index in [4.69, 9.17) is 18.5 Å². The van der Waals surface area contributed by atoms with Gasteiger partial charge in [-0.05, 0) is 77.0 Å². The molecule has 1 fully saturated rings. The van der Waals surface area contributed by atoms with Gasteiger partial charge in [-0.3, -0.25) is 18.6 Å². The molecule has 0 amide bonds. The molecule has 0 aromatic rings. The molecule has 1 saturated carbocycles. The molecule has 350 valence electrons. The van der Waals surface area contributed by atoms with E-state index in [0.29, 0.717) is 12.8 Å². The molecule has 0 heterocycles. The second kappa shape index (κ2) is 34.7. The molecule has 1 aliphatic carbocycles. The number of unbranched alkanes of at least 4 members (excludes halogenated alkanes) is 6. The lowest BCUT2D eigenvalue weighted by atomic mass is 9.85. The summed E-state index contributed by atoms with van der Waals surface area (Å²) in [5.41, 5.74) is 0. The Morgan fingerprint density at radius 2 is 1.10 bits per heavy atom. The Labute approximate surface area is 362 Å². The maximum absolute atomic E-state index is 12.8. The normalized spacial score (nSPS) is 23.8. The van der Waals surface area contributed by atoms with E-state index in [1.165, 1.54) is 0 Å². The first-order chi connectivity index (χ1) is 29.2. The van der Waals surface area contributed by atoms with Crippen LogP contribution in [0.1, 0.15) is 129 Å². The number of hydrogen-bond donors (Lipinski definition) is 8. The average molecular weight is 887 g/mol. The number of hydrogen-bond acceptors (Lipinski definition) is 14. The number of allylic oxidation sites excluding steroid dienone is 11. The molecule has 0 bridgehead atoms. The number of aliphatic hydroxyl groups is 7. The summed E-state index contributed by atoms with van der Waals surface area (Å²) in [4.78, 5) is 35.7. The van der Waals surface area contributed by atoms with Crippen molar-refractivity contribution in [2.75, 3.05) is 13.2 Å². The van der Waals surface area contributed by atoms with E-state index in [9.17, 15) is 54.8 Å². The third-order valence-electron chi connectivity index (χ3n) is 9.71. The first-order valence-corrected chi connectivity index (χ1v) is 23.4. The largest absolute Gasteiger partial charge is 0.472 e. The molecule has 8 N–H and O–H groups in total. The van der Waals surface area contributed by atoms with Gasteiger partial charge in [0.05, 0.1) is 18.8 Å². The second-order valence-corrected chi connectivity index (χ2v) is 16.5. The van der Waals surface area contributed by atoms with Gasteiger partial charge in [0.2, 0.25) is 0 Å². The van der Waals surface area contributed by atoms with Gasteiger partial charge in [-0.2, -0.15) is 0 Å². The van der Waals surface area contributed by atoms with Crippen molar-refractivity contribution in [1.29, 1.82) is 0 Å². The van der Waals surface area contributed by atoms with Gasteiger partial charge < -0.3 is 50.1 Å². The average Bonchev–Trinajstić information content (AvgIpc) is 3.23. The van der Waals surface area contributed by atoms with Crippen LogP contribution < -0.4 is 0 Å². The van der Waals surface area contributed by atoms with Crippen LogP contribution in [0.15, 0.2) is 72.9 Å². The maximum atomic E-state index is 12.8. The Morgan fingerprint density at radius 1 is 0.590 bits per heavy atom. The Hall–Kier alpha value is -2.79. The minimum Gasteiger partial charge on any atom is -0.462 e. The molecule has 0 aliphatic heterocycles. The van der Waals surface area contributed by atoms with E-state index in [0.717, 1.165) is 70.6 Å². The second-order valence-electron chi connectivity index (χ2n) is 15.1. The molecule has 0 spiro atoms. The van der Waals surface area contributed by atoms with Crippen molar-refractivity contribution in [3.05, 3.63) is 72.9 Å². The number of carbonyl (C=O) groups is 2. The summed E-state index contributed by atoms with van der Waals surface area (Å²) in [5, 5.41) is 70.9. The minimum atomic E-state index is -5.21. The van der Waals surface area contributed by atoms with Crippen LogP contribution in [-0.2, 0) is 32.7 Å². The van der Waals surface area contributed by atoms with Crippen molar-refractivity contribution in [2.45, 2.75) is 184 Å². The van der Waals surface area contributed by atoms with Crippen molar-refractivity contribution >= 4 is 19.8 Å². The van der Waals surface area contributed by atoms with E-state index in [1.807, 2.05) is 18.2 Å². The third kappa shape index (κ3) is 27.1. The lowest BCUT2D eigenvalue weighted by Gasteiger charge is -2.41. The molecule has 0 aromatic carbocycles. The van der Waals surface area contributed by atoms with E-state index in [-0.39, 0.29) is 32.1 Å². The van der Waals surface area contributed by atoms with Gasteiger partial charge in [0.15, 0.2) is 6.10 Å². The fourth-order valence-corrected chi connectivity index (χ4v) is 7.03. The zero-order valence-corrected chi connectivity index (χ0v) is 37.0. The lowest BCUT2D eigenvalue weighted by molar-refractivity contribution is -0.220. The molecule has 0 aromatic heterocycles. The van der Waals surface area contributed by atoms with Crippen molar-refractivity contribution < 1.29 is 73.3 Å². The molecule has 15 nitrogen and oxygen atoms in total. The van der Waals surface area contributed by atoms with Crippen LogP contribution in [0.3, 0.4) is 0 Å². The Balaban J connectivity index is 2.62. The number of phosphoric acid groups is 1. The molecular weight excluding hydrogens is 811 g/mol. The summed E-state index contributed by atoms with van der Waals surface area (Å²) in [7, 11) is -5.21. The molecule has 3 unspecified atom stereocenters. The highest BCUT2D eigenvalue weighted by Crippen LogP contribution is 2.47. The van der Waals surface area contributed by atoms with Crippen LogP contribution in [0.2, 0.25) is 0 Å². The van der Waals surface area contributed by atoms with Gasteiger partial charge in [0.1, 0.15) is 43.2 Å². The highest BCUT2D eigenvalue weighted by Gasteiger charge is 2.51. The van der Waals surface area contributed by atoms with E-state index < -0.39 is 87.9 Å². The molecule has 0 radical (unpaired) electrons. The van der Waals surface area contributed by atoms with Crippen LogP contribution in [0.25, 0.3) is 0 Å². The quantitative estimate of drug-likeness (QED) is 0.0163. The van der Waals surface area contributed by atoms with Gasteiger partial charge in [-0.15, -0.1) is 0 Å². The highest BCUT2D eigenvalue weighted by atomic mass is 31.2. The zero-order valence-electron chi connectivity index (χ0n) is 36.1. The van der Waals surface area contributed by atoms with Gasteiger partial charge >= 0.3 is 19.8 Å². The number of rotatable bonds is 34. The molecule has 16 heteroatoms. The number of ether oxygens (including phenoxy) is 2.